The van der Waals surface area contributed by atoms with Crippen LogP contribution in [0.3, 0.4) is 0 Å². The quantitative estimate of drug-likeness (QED) is 0.506. The molecule has 5 heavy (non-hydrogen) atoms. The minimum Gasteiger partial charge on any atom is -3.00 e. The smallest absolute Gasteiger partial charge is 2.00 e. The van der Waals surface area contributed by atoms with Crippen LogP contribution in [0.1, 0.15) is 0 Å². The molecule has 0 aliphatic heterocycles. The summed E-state index contributed by atoms with van der Waals surface area (Å²) in [5.74, 6) is 0. The fourth-order valence-corrected chi connectivity index (χ4v) is 0. The maximum Gasteiger partial charge on any atom is 2.00 e. The molecule has 0 spiro atoms. The molecule has 0 fully saturated rings. The molecule has 0 amide bonds. The molecule has 0 heterocycles. The summed E-state index contributed by atoms with van der Waals surface area (Å²) in [5, 5.41) is 0. The number of hydrogen-bond donors (Lipinski definition) is 0. The van der Waals surface area contributed by atoms with Gasteiger partial charge in [-0.1, -0.05) is 0 Å². The van der Waals surface area contributed by atoms with Crippen molar-refractivity contribution in [2.24, 2.45) is 0 Å². The van der Waals surface area contributed by atoms with Crippen LogP contribution in [0.25, 0.3) is 0 Å². The molecular weight excluding hydrogens is 346 g/mol. The van der Waals surface area contributed by atoms with Crippen molar-refractivity contribution in [3.63, 3.8) is 0 Å². The average Bonchev–Trinajstić information content (AvgIpc) is 0. The third kappa shape index (κ3) is 19.5. The molecule has 0 N–H and O–H groups in total. The monoisotopic (exact) mass is 342 g/mol. The molecule has 0 aromatic rings. The summed E-state index contributed by atoms with van der Waals surface area (Å²) in [6.45, 7) is 0. The van der Waals surface area contributed by atoms with Gasteiger partial charge >= 0.3 is 58.4 Å². The molecule has 0 bridgehead atoms. The van der Waals surface area contributed by atoms with E-state index < -0.39 is 0 Å². The van der Waals surface area contributed by atoms with Crippen LogP contribution in [0.2, 0.25) is 0 Å². The Morgan fingerprint density at radius 3 is 0.400 bits per heavy atom. The molecule has 0 aliphatic carbocycles. The molecular formula is As2Zn3. The van der Waals surface area contributed by atoms with Gasteiger partial charge in [-0.25, -0.2) is 0 Å². The Kier molecular flexibility index (Phi) is 245. The van der Waals surface area contributed by atoms with E-state index >= 15 is 0 Å². The maximum atomic E-state index is 0. The van der Waals surface area contributed by atoms with Gasteiger partial charge in [-0.2, -0.15) is 0 Å². The van der Waals surface area contributed by atoms with Gasteiger partial charge < -0.3 is 35.9 Å². The Labute approximate surface area is 92.9 Å². The predicted octanol–water partition coefficient (Wildman–Crippen LogP) is -0.769. The van der Waals surface area contributed by atoms with E-state index in [0.717, 1.165) is 0 Å². The Bertz CT molecular complexity index is 4.85. The van der Waals surface area contributed by atoms with Crippen LogP contribution in [0.15, 0.2) is 0 Å². The van der Waals surface area contributed by atoms with Gasteiger partial charge in [-0.15, -0.1) is 0 Å². The Hall–Kier alpha value is 2.99. The molecule has 0 nitrogen and oxygen atoms in total. The van der Waals surface area contributed by atoms with Crippen LogP contribution in [0, 0.1) is 0 Å². The van der Waals surface area contributed by atoms with Crippen molar-refractivity contribution >= 4 is 35.9 Å². The first kappa shape index (κ1) is 43.7. The summed E-state index contributed by atoms with van der Waals surface area (Å²) in [5.41, 5.74) is 0. The summed E-state index contributed by atoms with van der Waals surface area (Å²) >= 11 is 0. The van der Waals surface area contributed by atoms with Crippen LogP contribution < -0.4 is 0 Å². The van der Waals surface area contributed by atoms with Gasteiger partial charge in [0, 0.05) is 0 Å². The average molecular weight is 346 g/mol. The first-order valence-corrected chi connectivity index (χ1v) is 0. The van der Waals surface area contributed by atoms with Gasteiger partial charge in [0.15, 0.2) is 0 Å². The third-order valence-electron chi connectivity index (χ3n) is 0. The molecule has 0 aromatic heterocycles. The van der Waals surface area contributed by atoms with Gasteiger partial charge in [0.2, 0.25) is 0 Å². The van der Waals surface area contributed by atoms with Crippen molar-refractivity contribution in [3.8, 4) is 0 Å². The fourth-order valence-electron chi connectivity index (χ4n) is 0. The molecule has 0 saturated carbocycles. The Morgan fingerprint density at radius 2 is 0.400 bits per heavy atom. The second-order valence-electron chi connectivity index (χ2n) is 0. The summed E-state index contributed by atoms with van der Waals surface area (Å²) in [4.78, 5) is 0. The molecule has 16 valence electrons. The topological polar surface area (TPSA) is 0 Å². The normalized spacial score (nSPS) is 0. The van der Waals surface area contributed by atoms with E-state index in [2.05, 4.69) is 0 Å². The van der Waals surface area contributed by atoms with Crippen LogP contribution in [0.5, 0.6) is 0 Å². The summed E-state index contributed by atoms with van der Waals surface area (Å²) in [6, 6.07) is 0. The van der Waals surface area contributed by atoms with Gasteiger partial charge in [0.1, 0.15) is 0 Å². The van der Waals surface area contributed by atoms with E-state index in [1.165, 1.54) is 0 Å². The zero-order chi connectivity index (χ0) is 0. The Morgan fingerprint density at radius 1 is 0.400 bits per heavy atom. The molecule has 0 atom stereocenters. The van der Waals surface area contributed by atoms with E-state index in [4.69, 9.17) is 0 Å². The molecule has 0 radical (unpaired) electrons. The largest absolute Gasteiger partial charge is 3.00 e. The van der Waals surface area contributed by atoms with Crippen LogP contribution >= 0.6 is 0 Å². The van der Waals surface area contributed by atoms with Gasteiger partial charge in [-0.05, 0) is 0 Å². The van der Waals surface area contributed by atoms with Crippen molar-refractivity contribution in [2.75, 3.05) is 0 Å². The summed E-state index contributed by atoms with van der Waals surface area (Å²) in [7, 11) is 0. The Balaban J connectivity index is 0. The first-order chi connectivity index (χ1) is 0. The van der Waals surface area contributed by atoms with E-state index in [1.54, 1.807) is 0 Å². The van der Waals surface area contributed by atoms with Crippen molar-refractivity contribution in [3.05, 3.63) is 0 Å². The summed E-state index contributed by atoms with van der Waals surface area (Å²) in [6.07, 6.45) is 0. The minimum absolute atomic E-state index is 0. The van der Waals surface area contributed by atoms with Gasteiger partial charge in [0.25, 0.3) is 0 Å². The zero-order valence-corrected chi connectivity index (χ0v) is 15.7. The molecule has 0 saturated heterocycles. The second-order valence-corrected chi connectivity index (χ2v) is 0. The molecule has 5 heteroatoms. The standard InChI is InChI=1S/2As.3Zn/q2*-3;3*+2. The molecule has 0 aromatic carbocycles. The second kappa shape index (κ2) is 28.1. The van der Waals surface area contributed by atoms with Crippen molar-refractivity contribution < 1.29 is 58.4 Å². The third-order valence-corrected chi connectivity index (χ3v) is 0. The van der Waals surface area contributed by atoms with Crippen LogP contribution in [-0.4, -0.2) is 35.9 Å². The first-order valence-electron chi connectivity index (χ1n) is 0. The van der Waals surface area contributed by atoms with Crippen LogP contribution in [0.4, 0.5) is 0 Å². The minimum atomic E-state index is 0. The van der Waals surface area contributed by atoms with Crippen molar-refractivity contribution in [2.45, 2.75) is 0 Å². The zero-order valence-electron chi connectivity index (χ0n) is 3.02. The molecule has 0 unspecified atom stereocenters. The molecule has 0 aliphatic rings. The van der Waals surface area contributed by atoms with Crippen LogP contribution in [-0.2, 0) is 58.4 Å². The number of hydrogen-bond acceptors (Lipinski definition) is 0. The molecule has 0 rings (SSSR count). The van der Waals surface area contributed by atoms with E-state index in [9.17, 15) is 0 Å². The van der Waals surface area contributed by atoms with E-state index in [0.29, 0.717) is 0 Å². The SMILES string of the molecule is [As-3].[As-3].[Zn+2].[Zn+2].[Zn+2]. The van der Waals surface area contributed by atoms with Gasteiger partial charge in [-0.3, -0.25) is 0 Å². The van der Waals surface area contributed by atoms with E-state index in [1.807, 2.05) is 0 Å². The fraction of sp³-hybridized carbons (Fsp3) is 0. The summed E-state index contributed by atoms with van der Waals surface area (Å²) < 4.78 is 0. The van der Waals surface area contributed by atoms with Gasteiger partial charge in [0.05, 0.1) is 0 Å². The van der Waals surface area contributed by atoms with E-state index in [-0.39, 0.29) is 94.3 Å². The van der Waals surface area contributed by atoms with Crippen molar-refractivity contribution in [1.29, 1.82) is 0 Å². The van der Waals surface area contributed by atoms with Crippen molar-refractivity contribution in [1.82, 2.24) is 0 Å². The predicted molar refractivity (Wildman–Crippen MR) is 11.5 cm³/mol. The number of rotatable bonds is 0. The maximum absolute atomic E-state index is 0.